The number of ether oxygens (including phenoxy) is 1. The third-order valence-corrected chi connectivity index (χ3v) is 5.75. The van der Waals surface area contributed by atoms with E-state index >= 15 is 0 Å². The van der Waals surface area contributed by atoms with Crippen LogP contribution >= 0.6 is 0 Å². The van der Waals surface area contributed by atoms with Crippen LogP contribution in [0, 0.1) is 0 Å². The molecule has 1 saturated heterocycles. The largest absolute Gasteiger partial charge is 0.494 e. The average molecular weight is 449 g/mol. The van der Waals surface area contributed by atoms with Crippen molar-refractivity contribution < 1.29 is 9.84 Å². The first-order chi connectivity index (χ1) is 16.0. The average Bonchev–Trinajstić information content (AvgIpc) is 2.82. The molecule has 0 saturated carbocycles. The van der Waals surface area contributed by atoms with Gasteiger partial charge in [-0.15, -0.1) is 0 Å². The van der Waals surface area contributed by atoms with Crippen LogP contribution in [0.25, 0.3) is 5.69 Å². The van der Waals surface area contributed by atoms with Crippen molar-refractivity contribution in [1.82, 2.24) is 14.5 Å². The predicted octanol–water partition coefficient (Wildman–Crippen LogP) is 2.71. The molecule has 2 heterocycles. The first-order valence-corrected chi connectivity index (χ1v) is 11.2. The fourth-order valence-electron chi connectivity index (χ4n) is 4.00. The first-order valence-electron chi connectivity index (χ1n) is 11.2. The van der Waals surface area contributed by atoms with E-state index in [1.54, 1.807) is 24.3 Å². The van der Waals surface area contributed by atoms with E-state index in [4.69, 9.17) is 4.74 Å². The molecule has 8 heteroatoms. The van der Waals surface area contributed by atoms with Gasteiger partial charge in [0.1, 0.15) is 11.3 Å². The Morgan fingerprint density at radius 3 is 2.45 bits per heavy atom. The molecule has 0 radical (unpaired) electrons. The molecule has 4 rings (SSSR count). The molecule has 2 N–H and O–H groups in total. The quantitative estimate of drug-likeness (QED) is 0.542. The molecule has 0 bridgehead atoms. The summed E-state index contributed by atoms with van der Waals surface area (Å²) >= 11 is 0. The van der Waals surface area contributed by atoms with Gasteiger partial charge < -0.3 is 9.84 Å². The molecule has 0 spiro atoms. The van der Waals surface area contributed by atoms with E-state index in [0.717, 1.165) is 37.0 Å². The van der Waals surface area contributed by atoms with Crippen LogP contribution in [0.15, 0.2) is 69.2 Å². The monoisotopic (exact) mass is 448 g/mol. The normalized spacial score (nSPS) is 15.2. The highest BCUT2D eigenvalue weighted by Gasteiger charge is 2.19. The van der Waals surface area contributed by atoms with Gasteiger partial charge in [0.15, 0.2) is 0 Å². The standard InChI is InChI=1S/C25H28N4O4/c1-2-33-21-10-8-20(9-11-21)29-24(31)22(23(30)27-25(29)32)16-26-19-12-14-28(15-13-19)17-18-6-4-3-5-7-18/h3-11,16,19,31H,2,12-15,17H2,1H3,(H,27,30,32). The van der Waals surface area contributed by atoms with Gasteiger partial charge in [0.25, 0.3) is 5.56 Å². The van der Waals surface area contributed by atoms with Crippen molar-refractivity contribution in [2.75, 3.05) is 19.7 Å². The number of nitrogens with one attached hydrogen (secondary N) is 1. The lowest BCUT2D eigenvalue weighted by molar-refractivity contribution is 0.206. The van der Waals surface area contributed by atoms with Crippen LogP contribution in [0.5, 0.6) is 11.6 Å². The zero-order valence-corrected chi connectivity index (χ0v) is 18.6. The van der Waals surface area contributed by atoms with Crippen molar-refractivity contribution in [3.63, 3.8) is 0 Å². The maximum Gasteiger partial charge on any atom is 0.335 e. The van der Waals surface area contributed by atoms with E-state index in [0.29, 0.717) is 18.0 Å². The number of nitrogens with zero attached hydrogens (tertiary/aromatic N) is 3. The summed E-state index contributed by atoms with van der Waals surface area (Å²) in [6, 6.07) is 17.1. The minimum Gasteiger partial charge on any atom is -0.494 e. The zero-order chi connectivity index (χ0) is 23.2. The number of piperidine rings is 1. The molecule has 33 heavy (non-hydrogen) atoms. The Hall–Kier alpha value is -3.65. The number of rotatable bonds is 7. The van der Waals surface area contributed by atoms with Crippen LogP contribution in [0.3, 0.4) is 0 Å². The van der Waals surface area contributed by atoms with E-state index in [-0.39, 0.29) is 11.6 Å². The third kappa shape index (κ3) is 5.40. The van der Waals surface area contributed by atoms with Crippen LogP contribution in [-0.4, -0.2) is 51.5 Å². The Morgan fingerprint density at radius 2 is 1.79 bits per heavy atom. The second kappa shape index (κ2) is 10.3. The van der Waals surface area contributed by atoms with Crippen LogP contribution in [0.4, 0.5) is 0 Å². The van der Waals surface area contributed by atoms with Crippen LogP contribution in [0.1, 0.15) is 30.9 Å². The van der Waals surface area contributed by atoms with Gasteiger partial charge in [0.05, 0.1) is 18.3 Å². The van der Waals surface area contributed by atoms with E-state index < -0.39 is 17.1 Å². The van der Waals surface area contributed by atoms with Gasteiger partial charge in [-0.3, -0.25) is 19.7 Å². The summed E-state index contributed by atoms with van der Waals surface area (Å²) in [6.45, 7) is 5.13. The summed E-state index contributed by atoms with van der Waals surface area (Å²) in [6.07, 6.45) is 3.11. The molecule has 2 aromatic carbocycles. The van der Waals surface area contributed by atoms with Crippen molar-refractivity contribution in [3.05, 3.63) is 86.6 Å². The van der Waals surface area contributed by atoms with Gasteiger partial charge in [-0.05, 0) is 49.6 Å². The summed E-state index contributed by atoms with van der Waals surface area (Å²) in [5.74, 6) is 0.219. The van der Waals surface area contributed by atoms with Gasteiger partial charge in [-0.2, -0.15) is 0 Å². The van der Waals surface area contributed by atoms with Crippen LogP contribution in [0.2, 0.25) is 0 Å². The van der Waals surface area contributed by atoms with E-state index in [1.807, 2.05) is 25.1 Å². The Morgan fingerprint density at radius 1 is 1.09 bits per heavy atom. The van der Waals surface area contributed by atoms with Crippen molar-refractivity contribution in [2.45, 2.75) is 32.4 Å². The number of benzene rings is 2. The highest BCUT2D eigenvalue weighted by molar-refractivity contribution is 5.82. The lowest BCUT2D eigenvalue weighted by Gasteiger charge is -2.30. The molecular formula is C25H28N4O4. The molecule has 172 valence electrons. The van der Waals surface area contributed by atoms with Gasteiger partial charge in [0.2, 0.25) is 5.88 Å². The van der Waals surface area contributed by atoms with E-state index in [2.05, 4.69) is 27.0 Å². The smallest absolute Gasteiger partial charge is 0.335 e. The number of likely N-dealkylation sites (tertiary alicyclic amines) is 1. The minimum absolute atomic E-state index is 0.0322. The summed E-state index contributed by atoms with van der Waals surface area (Å²) < 4.78 is 6.47. The summed E-state index contributed by atoms with van der Waals surface area (Å²) in [5, 5.41) is 10.7. The Balaban J connectivity index is 1.47. The molecule has 1 fully saturated rings. The Kier molecular flexibility index (Phi) is 7.04. The lowest BCUT2D eigenvalue weighted by atomic mass is 10.0. The summed E-state index contributed by atoms with van der Waals surface area (Å²) in [4.78, 5) is 34.0. The molecular weight excluding hydrogens is 420 g/mol. The summed E-state index contributed by atoms with van der Waals surface area (Å²) in [5.41, 5.74) is 0.293. The number of aromatic hydroxyl groups is 1. The third-order valence-electron chi connectivity index (χ3n) is 5.75. The number of aliphatic imine (C=N–C) groups is 1. The van der Waals surface area contributed by atoms with Crippen molar-refractivity contribution in [3.8, 4) is 17.3 Å². The zero-order valence-electron chi connectivity index (χ0n) is 18.6. The van der Waals surface area contributed by atoms with Gasteiger partial charge in [-0.25, -0.2) is 9.36 Å². The fourth-order valence-corrected chi connectivity index (χ4v) is 4.00. The topological polar surface area (TPSA) is 99.9 Å². The maximum atomic E-state index is 12.4. The second-order valence-electron chi connectivity index (χ2n) is 8.03. The van der Waals surface area contributed by atoms with Crippen LogP contribution < -0.4 is 16.0 Å². The SMILES string of the molecule is CCOc1ccc(-n2c(O)c(C=NC3CCN(Cc4ccccc4)CC3)c(=O)[nH]c2=O)cc1. The molecule has 1 aromatic heterocycles. The second-order valence-corrected chi connectivity index (χ2v) is 8.03. The van der Waals surface area contributed by atoms with Gasteiger partial charge in [0, 0.05) is 25.8 Å². The number of aromatic nitrogens is 2. The van der Waals surface area contributed by atoms with Crippen molar-refractivity contribution in [1.29, 1.82) is 0 Å². The molecule has 1 aliphatic rings. The van der Waals surface area contributed by atoms with Gasteiger partial charge in [-0.1, -0.05) is 30.3 Å². The highest BCUT2D eigenvalue weighted by Crippen LogP contribution is 2.20. The molecule has 1 aliphatic heterocycles. The van der Waals surface area contributed by atoms with Crippen molar-refractivity contribution in [2.24, 2.45) is 4.99 Å². The molecule has 0 unspecified atom stereocenters. The van der Waals surface area contributed by atoms with Crippen LogP contribution in [-0.2, 0) is 6.54 Å². The molecule has 0 amide bonds. The first kappa shape index (κ1) is 22.5. The Labute approximate surface area is 191 Å². The molecule has 8 nitrogen and oxygen atoms in total. The number of hydrogen-bond donors (Lipinski definition) is 2. The lowest BCUT2D eigenvalue weighted by Crippen LogP contribution is -2.35. The van der Waals surface area contributed by atoms with Gasteiger partial charge >= 0.3 is 5.69 Å². The minimum atomic E-state index is -0.715. The Bertz CT molecular complexity index is 1210. The van der Waals surface area contributed by atoms with E-state index in [9.17, 15) is 14.7 Å². The number of aromatic amines is 1. The number of H-pyrrole nitrogens is 1. The fraction of sp³-hybridized carbons (Fsp3) is 0.320. The molecule has 0 atom stereocenters. The van der Waals surface area contributed by atoms with Crippen molar-refractivity contribution >= 4 is 6.21 Å². The molecule has 0 aliphatic carbocycles. The number of hydrogen-bond acceptors (Lipinski definition) is 6. The van der Waals surface area contributed by atoms with E-state index in [1.165, 1.54) is 11.8 Å². The predicted molar refractivity (Wildman–Crippen MR) is 128 cm³/mol. The molecule has 3 aromatic rings. The maximum absolute atomic E-state index is 12.4. The highest BCUT2D eigenvalue weighted by atomic mass is 16.5. The summed E-state index contributed by atoms with van der Waals surface area (Å²) in [7, 11) is 0.